The van der Waals surface area contributed by atoms with Crippen molar-refractivity contribution in [2.75, 3.05) is 13.1 Å². The van der Waals surface area contributed by atoms with Crippen LogP contribution in [0.1, 0.15) is 37.7 Å². The maximum Gasteiger partial charge on any atom is 0.118 e. The molecule has 0 aliphatic heterocycles. The highest BCUT2D eigenvalue weighted by molar-refractivity contribution is 5.06. The summed E-state index contributed by atoms with van der Waals surface area (Å²) in [6.07, 6.45) is 3.89. The quantitative estimate of drug-likeness (QED) is 0.854. The summed E-state index contributed by atoms with van der Waals surface area (Å²) in [6.45, 7) is 7.03. The molecule has 0 aromatic carbocycles. The average molecular weight is 236 g/mol. The van der Waals surface area contributed by atoms with Crippen LogP contribution in [0.15, 0.2) is 16.5 Å². The van der Waals surface area contributed by atoms with E-state index in [4.69, 9.17) is 10.2 Å². The Morgan fingerprint density at radius 1 is 1.41 bits per heavy atom. The third-order valence-corrected chi connectivity index (χ3v) is 3.95. The second kappa shape index (κ2) is 5.69. The van der Waals surface area contributed by atoms with Gasteiger partial charge in [-0.1, -0.05) is 13.3 Å². The highest BCUT2D eigenvalue weighted by Gasteiger charge is 2.30. The first-order valence-electron chi connectivity index (χ1n) is 6.74. The summed E-state index contributed by atoms with van der Waals surface area (Å²) in [5.74, 6) is 2.75. The Kier molecular flexibility index (Phi) is 4.24. The van der Waals surface area contributed by atoms with Gasteiger partial charge in [-0.05, 0) is 50.9 Å². The van der Waals surface area contributed by atoms with Crippen molar-refractivity contribution in [3.05, 3.63) is 23.7 Å². The molecule has 1 aliphatic rings. The van der Waals surface area contributed by atoms with E-state index in [-0.39, 0.29) is 0 Å². The molecule has 1 heterocycles. The van der Waals surface area contributed by atoms with Gasteiger partial charge in [0.25, 0.3) is 0 Å². The van der Waals surface area contributed by atoms with Crippen molar-refractivity contribution in [3.63, 3.8) is 0 Å². The Morgan fingerprint density at radius 2 is 2.24 bits per heavy atom. The third-order valence-electron chi connectivity index (χ3n) is 3.95. The van der Waals surface area contributed by atoms with Crippen molar-refractivity contribution in [1.29, 1.82) is 0 Å². The zero-order valence-electron chi connectivity index (χ0n) is 11.0. The summed E-state index contributed by atoms with van der Waals surface area (Å²) in [6, 6.07) is 4.78. The van der Waals surface area contributed by atoms with E-state index < -0.39 is 0 Å². The molecule has 0 radical (unpaired) electrons. The van der Waals surface area contributed by atoms with Gasteiger partial charge in [0.15, 0.2) is 0 Å². The number of rotatable bonds is 5. The SMILES string of the molecule is CCN(Cc1ccc(C)o1)C1CCCC1CN. The van der Waals surface area contributed by atoms with Crippen molar-refractivity contribution in [1.82, 2.24) is 4.90 Å². The largest absolute Gasteiger partial charge is 0.465 e. The Balaban J connectivity index is 2.00. The summed E-state index contributed by atoms with van der Waals surface area (Å²) in [5.41, 5.74) is 5.86. The van der Waals surface area contributed by atoms with Crippen LogP contribution in [0.25, 0.3) is 0 Å². The summed E-state index contributed by atoms with van der Waals surface area (Å²) in [5, 5.41) is 0. The van der Waals surface area contributed by atoms with Crippen LogP contribution in [0.4, 0.5) is 0 Å². The zero-order chi connectivity index (χ0) is 12.3. The molecule has 0 saturated heterocycles. The second-order valence-electron chi connectivity index (χ2n) is 5.07. The monoisotopic (exact) mass is 236 g/mol. The van der Waals surface area contributed by atoms with Crippen LogP contribution in [0, 0.1) is 12.8 Å². The first-order chi connectivity index (χ1) is 8.24. The first kappa shape index (κ1) is 12.7. The molecule has 2 unspecified atom stereocenters. The van der Waals surface area contributed by atoms with Gasteiger partial charge in [-0.2, -0.15) is 0 Å². The van der Waals surface area contributed by atoms with Gasteiger partial charge in [-0.15, -0.1) is 0 Å². The fourth-order valence-corrected chi connectivity index (χ4v) is 3.01. The maximum absolute atomic E-state index is 5.86. The molecular formula is C14H24N2O. The molecule has 96 valence electrons. The van der Waals surface area contributed by atoms with E-state index >= 15 is 0 Å². The average Bonchev–Trinajstić information content (AvgIpc) is 2.94. The fraction of sp³-hybridized carbons (Fsp3) is 0.714. The predicted octanol–water partition coefficient (Wildman–Crippen LogP) is 2.54. The summed E-state index contributed by atoms with van der Waals surface area (Å²) in [7, 11) is 0. The van der Waals surface area contributed by atoms with E-state index in [0.29, 0.717) is 12.0 Å². The topological polar surface area (TPSA) is 42.4 Å². The standard InChI is InChI=1S/C14H24N2O/c1-3-16(10-13-8-7-11(2)17-13)14-6-4-5-12(14)9-15/h7-8,12,14H,3-6,9-10,15H2,1-2H3. The summed E-state index contributed by atoms with van der Waals surface area (Å²) in [4.78, 5) is 2.52. The lowest BCUT2D eigenvalue weighted by molar-refractivity contribution is 0.150. The van der Waals surface area contributed by atoms with Crippen molar-refractivity contribution < 1.29 is 4.42 Å². The third kappa shape index (κ3) is 2.90. The smallest absolute Gasteiger partial charge is 0.118 e. The minimum absolute atomic E-state index is 0.649. The van der Waals surface area contributed by atoms with Crippen molar-refractivity contribution >= 4 is 0 Å². The van der Waals surface area contributed by atoms with Crippen LogP contribution in [-0.2, 0) is 6.54 Å². The highest BCUT2D eigenvalue weighted by Crippen LogP contribution is 2.30. The van der Waals surface area contributed by atoms with Crippen molar-refractivity contribution in [2.24, 2.45) is 11.7 Å². The molecule has 2 N–H and O–H groups in total. The number of hydrogen-bond acceptors (Lipinski definition) is 3. The van der Waals surface area contributed by atoms with E-state index in [1.165, 1.54) is 19.3 Å². The number of aryl methyl sites for hydroxylation is 1. The highest BCUT2D eigenvalue weighted by atomic mass is 16.3. The van der Waals surface area contributed by atoms with Gasteiger partial charge >= 0.3 is 0 Å². The zero-order valence-corrected chi connectivity index (χ0v) is 11.0. The van der Waals surface area contributed by atoms with E-state index in [1.54, 1.807) is 0 Å². The van der Waals surface area contributed by atoms with E-state index in [2.05, 4.69) is 17.9 Å². The molecule has 1 aromatic rings. The summed E-state index contributed by atoms with van der Waals surface area (Å²) < 4.78 is 5.67. The van der Waals surface area contributed by atoms with Gasteiger partial charge in [-0.25, -0.2) is 0 Å². The first-order valence-corrected chi connectivity index (χ1v) is 6.74. The van der Waals surface area contributed by atoms with Crippen LogP contribution in [0.2, 0.25) is 0 Å². The lowest BCUT2D eigenvalue weighted by atomic mass is 10.0. The molecule has 17 heavy (non-hydrogen) atoms. The summed E-state index contributed by atoms with van der Waals surface area (Å²) >= 11 is 0. The Hall–Kier alpha value is -0.800. The molecule has 0 bridgehead atoms. The van der Waals surface area contributed by atoms with E-state index in [1.807, 2.05) is 13.0 Å². The van der Waals surface area contributed by atoms with E-state index in [0.717, 1.165) is 31.2 Å². The normalized spacial score (nSPS) is 24.7. The van der Waals surface area contributed by atoms with Gasteiger partial charge in [0.05, 0.1) is 6.54 Å². The lowest BCUT2D eigenvalue weighted by Gasteiger charge is -2.31. The Morgan fingerprint density at radius 3 is 2.82 bits per heavy atom. The van der Waals surface area contributed by atoms with Crippen LogP contribution in [0.3, 0.4) is 0 Å². The van der Waals surface area contributed by atoms with Crippen molar-refractivity contribution in [2.45, 2.75) is 45.7 Å². The molecule has 3 nitrogen and oxygen atoms in total. The molecule has 0 spiro atoms. The van der Waals surface area contributed by atoms with Crippen molar-refractivity contribution in [3.8, 4) is 0 Å². The fourth-order valence-electron chi connectivity index (χ4n) is 3.01. The van der Waals surface area contributed by atoms with Crippen LogP contribution < -0.4 is 5.73 Å². The number of hydrogen-bond donors (Lipinski definition) is 1. The minimum atomic E-state index is 0.649. The van der Waals surface area contributed by atoms with Crippen LogP contribution in [-0.4, -0.2) is 24.0 Å². The van der Waals surface area contributed by atoms with Gasteiger partial charge in [0, 0.05) is 6.04 Å². The molecule has 1 aliphatic carbocycles. The molecule has 1 fully saturated rings. The second-order valence-corrected chi connectivity index (χ2v) is 5.07. The van der Waals surface area contributed by atoms with Gasteiger partial charge in [-0.3, -0.25) is 4.90 Å². The van der Waals surface area contributed by atoms with E-state index in [9.17, 15) is 0 Å². The van der Waals surface area contributed by atoms with Gasteiger partial charge < -0.3 is 10.2 Å². The molecule has 1 aromatic heterocycles. The molecule has 2 atom stereocenters. The molecule has 1 saturated carbocycles. The van der Waals surface area contributed by atoms with Gasteiger partial charge in [0.1, 0.15) is 11.5 Å². The number of nitrogens with zero attached hydrogens (tertiary/aromatic N) is 1. The predicted molar refractivity (Wildman–Crippen MR) is 69.7 cm³/mol. The van der Waals surface area contributed by atoms with Crippen LogP contribution in [0.5, 0.6) is 0 Å². The van der Waals surface area contributed by atoms with Gasteiger partial charge in [0.2, 0.25) is 0 Å². The lowest BCUT2D eigenvalue weighted by Crippen LogP contribution is -2.39. The molecule has 3 heteroatoms. The minimum Gasteiger partial charge on any atom is -0.465 e. The maximum atomic E-state index is 5.86. The number of furan rings is 1. The Bertz CT molecular complexity index is 348. The van der Waals surface area contributed by atoms with Crippen LogP contribution >= 0.6 is 0 Å². The molecule has 2 rings (SSSR count). The molecular weight excluding hydrogens is 212 g/mol. The Labute approximate surface area is 104 Å². The molecule has 0 amide bonds. The number of nitrogens with two attached hydrogens (primary N) is 1.